The zero-order valence-electron chi connectivity index (χ0n) is 15.0. The highest BCUT2D eigenvalue weighted by Crippen LogP contribution is 2.23. The minimum Gasteiger partial charge on any atom is -0.491 e. The summed E-state index contributed by atoms with van der Waals surface area (Å²) in [4.78, 5) is 23.2. The van der Waals surface area contributed by atoms with E-state index in [1.54, 1.807) is 6.08 Å². The molecule has 1 aliphatic carbocycles. The van der Waals surface area contributed by atoms with E-state index in [1.165, 1.54) is 33.1 Å². The van der Waals surface area contributed by atoms with Gasteiger partial charge >= 0.3 is 0 Å². The number of thioether (sulfide) groups is 1. The second-order valence-electron chi connectivity index (χ2n) is 6.21. The molecule has 1 aromatic rings. The summed E-state index contributed by atoms with van der Waals surface area (Å²) in [6, 6.07) is 7.48. The van der Waals surface area contributed by atoms with Crippen LogP contribution in [0.3, 0.4) is 0 Å². The van der Waals surface area contributed by atoms with Crippen molar-refractivity contribution in [1.82, 2.24) is 0 Å². The molecule has 5 heteroatoms. The molecule has 0 aromatic heterocycles. The largest absolute Gasteiger partial charge is 0.491 e. The zero-order valence-corrected chi connectivity index (χ0v) is 15.8. The monoisotopic (exact) mass is 362 g/mol. The fourth-order valence-electron chi connectivity index (χ4n) is 2.78. The standard InChI is InChI=1S/C20H26O4S/c1-15(21)20(25-16(2)22)14-17-8-10-19(11-9-17)24-13-12-23-18-6-4-3-5-7-18/h8-11,14,18H,3-7,12-13H2,1-2H3/b20-14-. The van der Waals surface area contributed by atoms with Crippen LogP contribution < -0.4 is 4.74 Å². The van der Waals surface area contributed by atoms with Gasteiger partial charge in [0.2, 0.25) is 0 Å². The van der Waals surface area contributed by atoms with Crippen LogP contribution in [0, 0.1) is 0 Å². The van der Waals surface area contributed by atoms with Crippen LogP contribution in [0.2, 0.25) is 0 Å². The van der Waals surface area contributed by atoms with Crippen molar-refractivity contribution in [3.8, 4) is 5.75 Å². The molecule has 0 spiro atoms. The molecule has 0 heterocycles. The summed E-state index contributed by atoms with van der Waals surface area (Å²) in [6.45, 7) is 4.06. The molecule has 0 saturated heterocycles. The van der Waals surface area contributed by atoms with Crippen molar-refractivity contribution >= 4 is 28.7 Å². The fourth-order valence-corrected chi connectivity index (χ4v) is 3.42. The molecule has 136 valence electrons. The molecule has 2 rings (SSSR count). The summed E-state index contributed by atoms with van der Waals surface area (Å²) >= 11 is 0.962. The van der Waals surface area contributed by atoms with E-state index in [-0.39, 0.29) is 10.9 Å². The molecule has 0 N–H and O–H groups in total. The number of carbonyl (C=O) groups is 2. The molecule has 25 heavy (non-hydrogen) atoms. The van der Waals surface area contributed by atoms with Crippen LogP contribution in [0.5, 0.6) is 5.75 Å². The summed E-state index contributed by atoms with van der Waals surface area (Å²) in [7, 11) is 0. The average molecular weight is 362 g/mol. The number of ketones is 1. The van der Waals surface area contributed by atoms with Gasteiger partial charge in [-0.25, -0.2) is 0 Å². The van der Waals surface area contributed by atoms with Gasteiger partial charge < -0.3 is 9.47 Å². The first-order valence-corrected chi connectivity index (χ1v) is 9.62. The summed E-state index contributed by atoms with van der Waals surface area (Å²) < 4.78 is 11.5. The van der Waals surface area contributed by atoms with E-state index in [0.717, 1.165) is 35.9 Å². The van der Waals surface area contributed by atoms with Gasteiger partial charge in [0.15, 0.2) is 10.9 Å². The Labute approximate surface area is 154 Å². The van der Waals surface area contributed by atoms with Crippen molar-refractivity contribution in [3.63, 3.8) is 0 Å². The number of Topliss-reactive ketones (excluding diaryl/α,β-unsaturated/α-hetero) is 1. The normalized spacial score (nSPS) is 15.8. The SMILES string of the molecule is CC(=O)S/C(=C\c1ccc(OCCOC2CCCCC2)cc1)C(C)=O. The minimum absolute atomic E-state index is 0.0978. The quantitative estimate of drug-likeness (QED) is 0.499. The Morgan fingerprint density at radius 2 is 1.76 bits per heavy atom. The lowest BCUT2D eigenvalue weighted by atomic mass is 9.98. The molecule has 1 saturated carbocycles. The Hall–Kier alpha value is -1.59. The number of benzene rings is 1. The van der Waals surface area contributed by atoms with E-state index in [1.807, 2.05) is 24.3 Å². The van der Waals surface area contributed by atoms with E-state index in [2.05, 4.69) is 0 Å². The lowest BCUT2D eigenvalue weighted by Gasteiger charge is -2.21. The van der Waals surface area contributed by atoms with Crippen molar-refractivity contribution < 1.29 is 19.1 Å². The Balaban J connectivity index is 1.80. The van der Waals surface area contributed by atoms with Gasteiger partial charge in [-0.3, -0.25) is 9.59 Å². The molecule has 4 nitrogen and oxygen atoms in total. The van der Waals surface area contributed by atoms with Crippen molar-refractivity contribution in [1.29, 1.82) is 0 Å². The van der Waals surface area contributed by atoms with Crippen LogP contribution in [0.4, 0.5) is 0 Å². The smallest absolute Gasteiger partial charge is 0.190 e. The first-order chi connectivity index (χ1) is 12.0. The predicted octanol–water partition coefficient (Wildman–Crippen LogP) is 4.62. The molecule has 0 aliphatic heterocycles. The number of hydrogen-bond acceptors (Lipinski definition) is 5. The summed E-state index contributed by atoms with van der Waals surface area (Å²) in [5, 5.41) is -0.0978. The first kappa shape index (κ1) is 19.7. The van der Waals surface area contributed by atoms with Gasteiger partial charge in [0.1, 0.15) is 12.4 Å². The highest BCUT2D eigenvalue weighted by molar-refractivity contribution is 8.17. The second-order valence-corrected chi connectivity index (χ2v) is 7.43. The molecule has 1 fully saturated rings. The Morgan fingerprint density at radius 1 is 1.08 bits per heavy atom. The van der Waals surface area contributed by atoms with Crippen LogP contribution in [0.1, 0.15) is 51.5 Å². The number of ether oxygens (including phenoxy) is 2. The van der Waals surface area contributed by atoms with E-state index in [0.29, 0.717) is 24.2 Å². The minimum atomic E-state index is -0.111. The van der Waals surface area contributed by atoms with E-state index in [9.17, 15) is 9.59 Å². The second kappa shape index (κ2) is 10.4. The maximum Gasteiger partial charge on any atom is 0.190 e. The third kappa shape index (κ3) is 7.45. The molecule has 1 aliphatic rings. The predicted molar refractivity (Wildman–Crippen MR) is 102 cm³/mol. The van der Waals surface area contributed by atoms with Crippen molar-refractivity contribution in [2.45, 2.75) is 52.1 Å². The van der Waals surface area contributed by atoms with Crippen LogP contribution in [0.15, 0.2) is 29.2 Å². The van der Waals surface area contributed by atoms with Crippen LogP contribution >= 0.6 is 11.8 Å². The summed E-state index contributed by atoms with van der Waals surface area (Å²) in [5.41, 5.74) is 0.866. The Bertz CT molecular complexity index is 601. The van der Waals surface area contributed by atoms with E-state index >= 15 is 0 Å². The van der Waals surface area contributed by atoms with Crippen LogP contribution in [0.25, 0.3) is 6.08 Å². The molecule has 0 amide bonds. The number of allylic oxidation sites excluding steroid dienone is 1. The molecule has 0 unspecified atom stereocenters. The number of hydrogen-bond donors (Lipinski definition) is 0. The topological polar surface area (TPSA) is 52.6 Å². The third-order valence-electron chi connectivity index (χ3n) is 4.04. The Kier molecular flexibility index (Phi) is 8.22. The molecule has 0 radical (unpaired) electrons. The molecule has 0 atom stereocenters. The third-order valence-corrected chi connectivity index (χ3v) is 4.95. The van der Waals surface area contributed by atoms with Gasteiger partial charge in [-0.2, -0.15) is 0 Å². The maximum atomic E-state index is 11.6. The van der Waals surface area contributed by atoms with Gasteiger partial charge in [-0.05, 0) is 55.3 Å². The molecule has 0 bridgehead atoms. The van der Waals surface area contributed by atoms with Crippen molar-refractivity contribution in [2.75, 3.05) is 13.2 Å². The van der Waals surface area contributed by atoms with Gasteiger partial charge in [0.25, 0.3) is 0 Å². The van der Waals surface area contributed by atoms with Crippen molar-refractivity contribution in [2.24, 2.45) is 0 Å². The average Bonchev–Trinajstić information content (AvgIpc) is 2.60. The van der Waals surface area contributed by atoms with E-state index in [4.69, 9.17) is 9.47 Å². The lowest BCUT2D eigenvalue weighted by molar-refractivity contribution is -0.113. The van der Waals surface area contributed by atoms with Crippen LogP contribution in [-0.4, -0.2) is 30.2 Å². The van der Waals surface area contributed by atoms with Gasteiger partial charge in [0, 0.05) is 6.92 Å². The van der Waals surface area contributed by atoms with Gasteiger partial charge in [-0.15, -0.1) is 0 Å². The highest BCUT2D eigenvalue weighted by Gasteiger charge is 2.13. The van der Waals surface area contributed by atoms with Crippen LogP contribution in [-0.2, 0) is 14.3 Å². The number of rotatable bonds is 8. The first-order valence-electron chi connectivity index (χ1n) is 8.80. The van der Waals surface area contributed by atoms with E-state index < -0.39 is 0 Å². The summed E-state index contributed by atoms with van der Waals surface area (Å²) in [5.74, 6) is 0.661. The molecule has 1 aromatic carbocycles. The summed E-state index contributed by atoms with van der Waals surface area (Å²) in [6.07, 6.45) is 8.32. The molecular formula is C20H26O4S. The maximum absolute atomic E-state index is 11.6. The highest BCUT2D eigenvalue weighted by atomic mass is 32.2. The zero-order chi connectivity index (χ0) is 18.1. The fraction of sp³-hybridized carbons (Fsp3) is 0.500. The lowest BCUT2D eigenvalue weighted by Crippen LogP contribution is -2.19. The Morgan fingerprint density at radius 3 is 2.36 bits per heavy atom. The van der Waals surface area contributed by atoms with Crippen molar-refractivity contribution in [3.05, 3.63) is 34.7 Å². The number of carbonyl (C=O) groups excluding carboxylic acids is 2. The molecular weight excluding hydrogens is 336 g/mol. The van der Waals surface area contributed by atoms with Gasteiger partial charge in [0.05, 0.1) is 17.6 Å². The van der Waals surface area contributed by atoms with Gasteiger partial charge in [-0.1, -0.05) is 31.4 Å².